The lowest BCUT2D eigenvalue weighted by Gasteiger charge is -2.21. The van der Waals surface area contributed by atoms with Gasteiger partial charge in [0.05, 0.1) is 0 Å². The molecule has 6 rings (SSSR count). The van der Waals surface area contributed by atoms with Crippen LogP contribution in [-0.4, -0.2) is 5.11 Å². The number of hydrogen-bond acceptors (Lipinski definition) is 2. The number of phenolic OH excluding ortho intramolecular Hbond substituents is 1. The first-order valence-corrected chi connectivity index (χ1v) is 11.1. The first-order valence-electron chi connectivity index (χ1n) is 11.1. The summed E-state index contributed by atoms with van der Waals surface area (Å²) in [6.07, 6.45) is 16.3. The van der Waals surface area contributed by atoms with Crippen molar-refractivity contribution in [2.45, 2.75) is 0 Å². The van der Waals surface area contributed by atoms with Crippen molar-refractivity contribution >= 4 is 33.1 Å². The molecule has 0 saturated heterocycles. The van der Waals surface area contributed by atoms with E-state index in [1.54, 1.807) is 6.08 Å². The largest absolute Gasteiger partial charge is 0.507 e. The second-order valence-electron chi connectivity index (χ2n) is 8.34. The molecule has 0 fully saturated rings. The van der Waals surface area contributed by atoms with Gasteiger partial charge in [0.25, 0.3) is 0 Å². The molecule has 1 aromatic heterocycles. The number of furan rings is 1. The molecular weight excluding hydrogens is 404 g/mol. The zero-order valence-electron chi connectivity index (χ0n) is 18.0. The van der Waals surface area contributed by atoms with Crippen LogP contribution in [0.1, 0.15) is 16.7 Å². The highest BCUT2D eigenvalue weighted by molar-refractivity contribution is 6.06. The number of rotatable bonds is 4. The summed E-state index contributed by atoms with van der Waals surface area (Å²) < 4.78 is 6.11. The lowest BCUT2D eigenvalue weighted by Crippen LogP contribution is -2.04. The van der Waals surface area contributed by atoms with Gasteiger partial charge in [-0.2, -0.15) is 0 Å². The molecule has 1 N–H and O–H groups in total. The van der Waals surface area contributed by atoms with Crippen LogP contribution in [0.25, 0.3) is 33.1 Å². The van der Waals surface area contributed by atoms with Gasteiger partial charge in [-0.3, -0.25) is 0 Å². The Labute approximate surface area is 192 Å². The molecule has 0 saturated carbocycles. The molecule has 1 atom stereocenters. The van der Waals surface area contributed by atoms with Gasteiger partial charge in [0.1, 0.15) is 16.9 Å². The maximum atomic E-state index is 11.4. The highest BCUT2D eigenvalue weighted by Gasteiger charge is 2.24. The average Bonchev–Trinajstić information content (AvgIpc) is 3.47. The SMILES string of the molecule is C=C/C=C(/c1ccc2c(c1)oc1ccccc12)c1cccc(C2=CC=CC3=CC=CC32)c1O. The lowest BCUT2D eigenvalue weighted by molar-refractivity contribution is 0.471. The quantitative estimate of drug-likeness (QED) is 0.336. The van der Waals surface area contributed by atoms with E-state index in [9.17, 15) is 5.11 Å². The Morgan fingerprint density at radius 1 is 0.909 bits per heavy atom. The Morgan fingerprint density at radius 2 is 1.79 bits per heavy atom. The molecule has 0 aliphatic heterocycles. The third-order valence-electron chi connectivity index (χ3n) is 6.46. The Balaban J connectivity index is 1.49. The van der Waals surface area contributed by atoms with E-state index >= 15 is 0 Å². The summed E-state index contributed by atoms with van der Waals surface area (Å²) in [4.78, 5) is 0. The van der Waals surface area contributed by atoms with Crippen LogP contribution in [0.3, 0.4) is 0 Å². The first kappa shape index (κ1) is 19.4. The topological polar surface area (TPSA) is 33.4 Å². The number of benzene rings is 3. The van der Waals surface area contributed by atoms with Gasteiger partial charge in [-0.25, -0.2) is 0 Å². The molecule has 0 bridgehead atoms. The van der Waals surface area contributed by atoms with Crippen LogP contribution < -0.4 is 0 Å². The van der Waals surface area contributed by atoms with Crippen LogP contribution in [0.2, 0.25) is 0 Å². The second kappa shape index (κ2) is 7.68. The van der Waals surface area contributed by atoms with Gasteiger partial charge >= 0.3 is 0 Å². The molecule has 0 spiro atoms. The van der Waals surface area contributed by atoms with Crippen molar-refractivity contribution in [1.29, 1.82) is 0 Å². The van der Waals surface area contributed by atoms with Gasteiger partial charge in [0.15, 0.2) is 0 Å². The van der Waals surface area contributed by atoms with E-state index < -0.39 is 0 Å². The van der Waals surface area contributed by atoms with Gasteiger partial charge in [0, 0.05) is 27.8 Å². The summed E-state index contributed by atoms with van der Waals surface area (Å²) in [5.41, 5.74) is 7.52. The zero-order valence-corrected chi connectivity index (χ0v) is 18.0. The van der Waals surface area contributed by atoms with Crippen LogP contribution in [0.15, 0.2) is 126 Å². The highest BCUT2D eigenvalue weighted by Crippen LogP contribution is 2.43. The van der Waals surface area contributed by atoms with Crippen molar-refractivity contribution in [1.82, 2.24) is 0 Å². The molecule has 2 aliphatic rings. The minimum absolute atomic E-state index is 0.176. The van der Waals surface area contributed by atoms with E-state index in [1.165, 1.54) is 5.57 Å². The van der Waals surface area contributed by atoms with Gasteiger partial charge in [-0.15, -0.1) is 0 Å². The predicted molar refractivity (Wildman–Crippen MR) is 137 cm³/mol. The number of phenols is 1. The Hall–Kier alpha value is -4.30. The third-order valence-corrected chi connectivity index (χ3v) is 6.46. The summed E-state index contributed by atoms with van der Waals surface area (Å²) in [5.74, 6) is 0.450. The van der Waals surface area contributed by atoms with Gasteiger partial charge in [-0.1, -0.05) is 97.7 Å². The number of para-hydroxylation sites is 2. The molecule has 2 heteroatoms. The van der Waals surface area contributed by atoms with E-state index in [0.717, 1.165) is 49.8 Å². The summed E-state index contributed by atoms with van der Waals surface area (Å²) in [6, 6.07) is 20.2. The Kier molecular flexibility index (Phi) is 4.51. The van der Waals surface area contributed by atoms with Crippen molar-refractivity contribution in [3.8, 4) is 5.75 Å². The summed E-state index contributed by atoms with van der Waals surface area (Å²) in [5, 5.41) is 13.6. The molecule has 0 amide bonds. The minimum atomic E-state index is 0.176. The van der Waals surface area contributed by atoms with Crippen LogP contribution in [0, 0.1) is 5.92 Å². The number of fused-ring (bicyclic) bond motifs is 4. The normalized spacial score (nSPS) is 17.3. The van der Waals surface area contributed by atoms with E-state index in [2.05, 4.69) is 55.2 Å². The fraction of sp³-hybridized carbons (Fsp3) is 0.0323. The fourth-order valence-electron chi connectivity index (χ4n) is 4.91. The first-order chi connectivity index (χ1) is 16.2. The Morgan fingerprint density at radius 3 is 2.70 bits per heavy atom. The molecule has 0 radical (unpaired) electrons. The van der Waals surface area contributed by atoms with Crippen molar-refractivity contribution in [3.63, 3.8) is 0 Å². The smallest absolute Gasteiger partial charge is 0.136 e. The van der Waals surface area contributed by atoms with Crippen LogP contribution in [0.5, 0.6) is 5.75 Å². The van der Waals surface area contributed by atoms with E-state index in [-0.39, 0.29) is 11.7 Å². The number of aromatic hydroxyl groups is 1. The lowest BCUT2D eigenvalue weighted by atomic mass is 9.83. The van der Waals surface area contributed by atoms with Gasteiger partial charge < -0.3 is 9.52 Å². The van der Waals surface area contributed by atoms with Crippen molar-refractivity contribution in [3.05, 3.63) is 138 Å². The average molecular weight is 427 g/mol. The number of hydrogen-bond donors (Lipinski definition) is 1. The van der Waals surface area contributed by atoms with Crippen molar-refractivity contribution in [2.24, 2.45) is 5.92 Å². The maximum Gasteiger partial charge on any atom is 0.136 e. The molecule has 2 nitrogen and oxygen atoms in total. The highest BCUT2D eigenvalue weighted by atomic mass is 16.3. The van der Waals surface area contributed by atoms with Gasteiger partial charge in [-0.05, 0) is 40.5 Å². The Bertz CT molecular complexity index is 1580. The summed E-state index contributed by atoms with van der Waals surface area (Å²) >= 11 is 0. The maximum absolute atomic E-state index is 11.4. The van der Waals surface area contributed by atoms with Crippen LogP contribution in [0.4, 0.5) is 0 Å². The zero-order chi connectivity index (χ0) is 22.4. The van der Waals surface area contributed by atoms with Crippen molar-refractivity contribution in [2.75, 3.05) is 0 Å². The molecule has 158 valence electrons. The van der Waals surface area contributed by atoms with Crippen molar-refractivity contribution < 1.29 is 9.52 Å². The second-order valence-corrected chi connectivity index (χ2v) is 8.34. The fourth-order valence-corrected chi connectivity index (χ4v) is 4.91. The molecule has 1 heterocycles. The standard InChI is InChI=1S/C31H22O2/c1-2-8-22(21-17-18-26-25-11-3-4-16-29(25)33-30(26)19-21)27-14-7-15-28(31(27)32)24-13-6-10-20-9-5-12-23(20)24/h2-19,23,32H,1H2/b22-8-. The third kappa shape index (κ3) is 3.11. The summed E-state index contributed by atoms with van der Waals surface area (Å²) in [7, 11) is 0. The number of allylic oxidation sites excluding steroid dienone is 10. The molecule has 33 heavy (non-hydrogen) atoms. The van der Waals surface area contributed by atoms with Crippen LogP contribution >= 0.6 is 0 Å². The molecule has 4 aromatic rings. The molecule has 2 aliphatic carbocycles. The predicted octanol–water partition coefficient (Wildman–Crippen LogP) is 7.97. The molecule has 1 unspecified atom stereocenters. The minimum Gasteiger partial charge on any atom is -0.507 e. The van der Waals surface area contributed by atoms with E-state index in [4.69, 9.17) is 4.42 Å². The monoisotopic (exact) mass is 426 g/mol. The van der Waals surface area contributed by atoms with Gasteiger partial charge in [0.2, 0.25) is 0 Å². The van der Waals surface area contributed by atoms with Crippen LogP contribution in [-0.2, 0) is 0 Å². The summed E-state index contributed by atoms with van der Waals surface area (Å²) in [6.45, 7) is 3.92. The molecule has 3 aromatic carbocycles. The molecular formula is C31H22O2. The van der Waals surface area contributed by atoms with E-state index in [0.29, 0.717) is 0 Å². The van der Waals surface area contributed by atoms with E-state index in [1.807, 2.05) is 54.6 Å².